The largest absolute Gasteiger partial charge is 0.481 e. The minimum atomic E-state index is -0.811. The average Bonchev–Trinajstić information content (AvgIpc) is 2.44. The van der Waals surface area contributed by atoms with E-state index in [9.17, 15) is 9.59 Å². The van der Waals surface area contributed by atoms with Crippen molar-refractivity contribution in [1.29, 1.82) is 0 Å². The molecule has 0 saturated heterocycles. The fourth-order valence-corrected chi connectivity index (χ4v) is 2.14. The molecule has 0 aliphatic carbocycles. The lowest BCUT2D eigenvalue weighted by atomic mass is 10.1. The van der Waals surface area contributed by atoms with Gasteiger partial charge in [-0.15, -0.1) is 0 Å². The zero-order valence-electron chi connectivity index (χ0n) is 13.0. The van der Waals surface area contributed by atoms with Gasteiger partial charge in [0.25, 0.3) is 0 Å². The second-order valence-electron chi connectivity index (χ2n) is 5.51. The van der Waals surface area contributed by atoms with Crippen LogP contribution in [0, 0.1) is 6.92 Å². The molecular weight excluding hydrogens is 266 g/mol. The number of unbranched alkanes of at least 4 members (excludes halogenated alkanes) is 1. The van der Waals surface area contributed by atoms with E-state index in [4.69, 9.17) is 5.11 Å². The Kier molecular flexibility index (Phi) is 7.51. The topological polar surface area (TPSA) is 57.6 Å². The number of carboxylic acids is 1. The van der Waals surface area contributed by atoms with Gasteiger partial charge in [0, 0.05) is 26.4 Å². The smallest absolute Gasteiger partial charge is 0.303 e. The van der Waals surface area contributed by atoms with Crippen LogP contribution in [0.3, 0.4) is 0 Å². The number of amides is 1. The zero-order chi connectivity index (χ0) is 15.7. The number of hydrogen-bond donors (Lipinski definition) is 1. The van der Waals surface area contributed by atoms with Crippen LogP contribution in [-0.2, 0) is 16.0 Å². The molecule has 1 rings (SSSR count). The molecule has 0 saturated carbocycles. The number of benzene rings is 1. The first kappa shape index (κ1) is 17.2. The summed E-state index contributed by atoms with van der Waals surface area (Å²) in [5, 5.41) is 8.56. The maximum atomic E-state index is 11.9. The van der Waals surface area contributed by atoms with Crippen LogP contribution in [0.4, 0.5) is 0 Å². The molecule has 0 radical (unpaired) electrons. The maximum absolute atomic E-state index is 11.9. The molecule has 21 heavy (non-hydrogen) atoms. The summed E-state index contributed by atoms with van der Waals surface area (Å²) in [5.41, 5.74) is 2.57. The summed E-state index contributed by atoms with van der Waals surface area (Å²) >= 11 is 0. The highest BCUT2D eigenvalue weighted by Gasteiger charge is 2.08. The second kappa shape index (κ2) is 9.16. The standard InChI is InChI=1S/C17H25NO3/c1-14-9-11-15(12-10-14)6-3-4-7-16(19)18(2)13-5-8-17(20)21/h9-12H,3-8,13H2,1-2H3,(H,20,21). The first-order chi connectivity index (χ1) is 9.99. The molecule has 0 fully saturated rings. The van der Waals surface area contributed by atoms with Gasteiger partial charge in [-0.25, -0.2) is 0 Å². The van der Waals surface area contributed by atoms with Gasteiger partial charge in [0.15, 0.2) is 0 Å². The monoisotopic (exact) mass is 291 g/mol. The normalized spacial score (nSPS) is 10.4. The van der Waals surface area contributed by atoms with E-state index in [2.05, 4.69) is 31.2 Å². The van der Waals surface area contributed by atoms with E-state index in [1.54, 1.807) is 11.9 Å². The van der Waals surface area contributed by atoms with E-state index in [1.165, 1.54) is 11.1 Å². The van der Waals surface area contributed by atoms with Gasteiger partial charge in [0.1, 0.15) is 0 Å². The number of nitrogens with zero attached hydrogens (tertiary/aromatic N) is 1. The third kappa shape index (κ3) is 7.49. The van der Waals surface area contributed by atoms with Crippen molar-refractivity contribution < 1.29 is 14.7 Å². The number of carboxylic acid groups (broad SMARTS) is 1. The molecule has 1 N–H and O–H groups in total. The molecule has 116 valence electrons. The summed E-state index contributed by atoms with van der Waals surface area (Å²) in [6, 6.07) is 8.48. The summed E-state index contributed by atoms with van der Waals surface area (Å²) in [6.45, 7) is 2.59. The number of aryl methyl sites for hydroxylation is 2. The van der Waals surface area contributed by atoms with Crippen molar-refractivity contribution in [2.45, 2.75) is 45.4 Å². The van der Waals surface area contributed by atoms with Gasteiger partial charge in [0.2, 0.25) is 5.91 Å². The van der Waals surface area contributed by atoms with Crippen LogP contribution in [0.25, 0.3) is 0 Å². The van der Waals surface area contributed by atoms with E-state index >= 15 is 0 Å². The molecule has 0 heterocycles. The SMILES string of the molecule is Cc1ccc(CCCCC(=O)N(C)CCCC(=O)O)cc1. The zero-order valence-corrected chi connectivity index (χ0v) is 13.0. The molecule has 4 heteroatoms. The first-order valence-electron chi connectivity index (χ1n) is 7.50. The van der Waals surface area contributed by atoms with Crippen molar-refractivity contribution in [3.63, 3.8) is 0 Å². The lowest BCUT2D eigenvalue weighted by molar-refractivity contribution is -0.138. The number of aliphatic carboxylic acids is 1. The Labute approximate surface area is 126 Å². The van der Waals surface area contributed by atoms with E-state index < -0.39 is 5.97 Å². The average molecular weight is 291 g/mol. The van der Waals surface area contributed by atoms with Crippen LogP contribution in [0.15, 0.2) is 24.3 Å². The minimum absolute atomic E-state index is 0.101. The van der Waals surface area contributed by atoms with E-state index in [0.717, 1.165) is 19.3 Å². The third-order valence-corrected chi connectivity index (χ3v) is 3.54. The molecule has 0 spiro atoms. The molecule has 0 aliphatic rings. The minimum Gasteiger partial charge on any atom is -0.481 e. The van der Waals surface area contributed by atoms with Crippen LogP contribution in [-0.4, -0.2) is 35.5 Å². The summed E-state index contributed by atoms with van der Waals surface area (Å²) in [6.07, 6.45) is 4.03. The third-order valence-electron chi connectivity index (χ3n) is 3.54. The van der Waals surface area contributed by atoms with Crippen molar-refractivity contribution >= 4 is 11.9 Å². The number of carbonyl (C=O) groups excluding carboxylic acids is 1. The Morgan fingerprint density at radius 2 is 1.71 bits per heavy atom. The van der Waals surface area contributed by atoms with Crippen LogP contribution in [0.2, 0.25) is 0 Å². The number of carbonyl (C=O) groups is 2. The van der Waals surface area contributed by atoms with Crippen molar-refractivity contribution in [3.8, 4) is 0 Å². The lowest BCUT2D eigenvalue weighted by Crippen LogP contribution is -2.27. The maximum Gasteiger partial charge on any atom is 0.303 e. The Bertz CT molecular complexity index is 454. The molecule has 1 aromatic rings. The summed E-state index contributed by atoms with van der Waals surface area (Å²) in [5.74, 6) is -0.710. The van der Waals surface area contributed by atoms with E-state index in [1.807, 2.05) is 0 Å². The fourth-order valence-electron chi connectivity index (χ4n) is 2.14. The van der Waals surface area contributed by atoms with Gasteiger partial charge in [-0.2, -0.15) is 0 Å². The summed E-state index contributed by atoms with van der Waals surface area (Å²) in [7, 11) is 1.74. The molecule has 4 nitrogen and oxygen atoms in total. The van der Waals surface area contributed by atoms with Crippen LogP contribution in [0.1, 0.15) is 43.2 Å². The number of rotatable bonds is 9. The van der Waals surface area contributed by atoms with Gasteiger partial charge in [0.05, 0.1) is 0 Å². The van der Waals surface area contributed by atoms with Crippen molar-refractivity contribution in [3.05, 3.63) is 35.4 Å². The quantitative estimate of drug-likeness (QED) is 0.711. The van der Waals surface area contributed by atoms with Crippen LogP contribution < -0.4 is 0 Å². The van der Waals surface area contributed by atoms with Crippen molar-refractivity contribution in [2.75, 3.05) is 13.6 Å². The lowest BCUT2D eigenvalue weighted by Gasteiger charge is -2.16. The predicted molar refractivity (Wildman–Crippen MR) is 83.2 cm³/mol. The van der Waals surface area contributed by atoms with Gasteiger partial charge in [-0.1, -0.05) is 29.8 Å². The Morgan fingerprint density at radius 1 is 1.05 bits per heavy atom. The highest BCUT2D eigenvalue weighted by Crippen LogP contribution is 2.09. The van der Waals surface area contributed by atoms with Gasteiger partial charge >= 0.3 is 5.97 Å². The highest BCUT2D eigenvalue weighted by atomic mass is 16.4. The van der Waals surface area contributed by atoms with Crippen LogP contribution in [0.5, 0.6) is 0 Å². The van der Waals surface area contributed by atoms with Crippen molar-refractivity contribution in [2.24, 2.45) is 0 Å². The summed E-state index contributed by atoms with van der Waals surface area (Å²) < 4.78 is 0. The predicted octanol–water partition coefficient (Wildman–Crippen LogP) is 3.03. The summed E-state index contributed by atoms with van der Waals surface area (Å²) in [4.78, 5) is 23.9. The highest BCUT2D eigenvalue weighted by molar-refractivity contribution is 5.75. The Balaban J connectivity index is 2.15. The molecule has 0 aromatic heterocycles. The van der Waals surface area contributed by atoms with Crippen LogP contribution >= 0.6 is 0 Å². The van der Waals surface area contributed by atoms with Gasteiger partial charge in [-0.05, 0) is 38.2 Å². The van der Waals surface area contributed by atoms with E-state index in [0.29, 0.717) is 19.4 Å². The van der Waals surface area contributed by atoms with E-state index in [-0.39, 0.29) is 12.3 Å². The molecule has 1 aromatic carbocycles. The van der Waals surface area contributed by atoms with Gasteiger partial charge in [-0.3, -0.25) is 9.59 Å². The molecular formula is C17H25NO3. The Morgan fingerprint density at radius 3 is 2.33 bits per heavy atom. The van der Waals surface area contributed by atoms with Gasteiger partial charge < -0.3 is 10.0 Å². The fraction of sp³-hybridized carbons (Fsp3) is 0.529. The second-order valence-corrected chi connectivity index (χ2v) is 5.51. The first-order valence-corrected chi connectivity index (χ1v) is 7.50. The molecule has 0 aliphatic heterocycles. The number of hydrogen-bond acceptors (Lipinski definition) is 2. The van der Waals surface area contributed by atoms with Crippen molar-refractivity contribution in [1.82, 2.24) is 4.90 Å². The molecule has 0 unspecified atom stereocenters. The Hall–Kier alpha value is -1.84. The molecule has 0 bridgehead atoms. The molecule has 1 amide bonds. The molecule has 0 atom stereocenters.